The van der Waals surface area contributed by atoms with Gasteiger partial charge in [-0.3, -0.25) is 14.4 Å². The maximum Gasteiger partial charge on any atom is 0.342 e. The molecule has 0 atom stereocenters. The molecule has 0 spiro atoms. The number of likely N-dealkylation sites (tertiary alicyclic amines) is 1. The van der Waals surface area contributed by atoms with E-state index in [1.54, 1.807) is 28.0 Å². The van der Waals surface area contributed by atoms with Crippen LogP contribution >= 0.6 is 0 Å². The van der Waals surface area contributed by atoms with Gasteiger partial charge in [0, 0.05) is 38.7 Å². The number of nitrogens with zero attached hydrogens (tertiary/aromatic N) is 5. The fourth-order valence-electron chi connectivity index (χ4n) is 5.43. The van der Waals surface area contributed by atoms with Crippen LogP contribution in [0, 0.1) is 0 Å². The van der Waals surface area contributed by atoms with E-state index in [1.165, 1.54) is 27.3 Å². The fourth-order valence-corrected chi connectivity index (χ4v) is 5.43. The quantitative estimate of drug-likeness (QED) is 0.557. The summed E-state index contributed by atoms with van der Waals surface area (Å²) in [6.07, 6.45) is 5.76. The molecule has 1 aromatic carbocycles. The number of ether oxygens (including phenoxy) is 1. The van der Waals surface area contributed by atoms with E-state index >= 15 is 0 Å². The molecule has 5 rings (SSSR count). The second-order valence-corrected chi connectivity index (χ2v) is 10.5. The second-order valence-electron chi connectivity index (χ2n) is 10.5. The van der Waals surface area contributed by atoms with Gasteiger partial charge >= 0.3 is 5.92 Å². The van der Waals surface area contributed by atoms with Crippen molar-refractivity contribution in [3.05, 3.63) is 30.0 Å². The number of halogens is 2. The summed E-state index contributed by atoms with van der Waals surface area (Å²) in [7, 11) is 2.77. The Morgan fingerprint density at radius 2 is 1.88 bits per heavy atom. The fraction of sp³-hybridized carbons (Fsp3) is 0.519. The molecule has 0 radical (unpaired) electrons. The number of carbonyl (C=O) groups excluding carboxylic acids is 3. The molecule has 3 aliphatic rings. The molecule has 11 nitrogen and oxygen atoms in total. The first kappa shape index (κ1) is 27.5. The number of rotatable bonds is 6. The molecule has 2 aromatic rings. The first-order chi connectivity index (χ1) is 19.1. The van der Waals surface area contributed by atoms with Crippen molar-refractivity contribution in [3.8, 4) is 5.75 Å². The smallest absolute Gasteiger partial charge is 0.342 e. The van der Waals surface area contributed by atoms with Crippen molar-refractivity contribution in [2.24, 2.45) is 0 Å². The summed E-state index contributed by atoms with van der Waals surface area (Å²) in [5.41, 5.74) is 1.06. The Labute approximate surface area is 230 Å². The zero-order valence-electron chi connectivity index (χ0n) is 22.7. The van der Waals surface area contributed by atoms with Gasteiger partial charge in [0.25, 0.3) is 11.8 Å². The highest BCUT2D eigenvalue weighted by Crippen LogP contribution is 2.39. The van der Waals surface area contributed by atoms with E-state index in [0.29, 0.717) is 30.1 Å². The lowest BCUT2D eigenvalue weighted by molar-refractivity contribution is -0.140. The van der Waals surface area contributed by atoms with Crippen molar-refractivity contribution in [2.75, 3.05) is 48.9 Å². The minimum Gasteiger partial charge on any atom is -0.495 e. The topological polar surface area (TPSA) is 120 Å². The molecule has 1 saturated carbocycles. The van der Waals surface area contributed by atoms with E-state index in [-0.39, 0.29) is 41.4 Å². The maximum absolute atomic E-state index is 14.9. The average Bonchev–Trinajstić information content (AvgIpc) is 2.99. The van der Waals surface area contributed by atoms with Gasteiger partial charge < -0.3 is 30.1 Å². The van der Waals surface area contributed by atoms with Gasteiger partial charge in [-0.05, 0) is 31.0 Å². The van der Waals surface area contributed by atoms with Crippen LogP contribution in [0.25, 0.3) is 0 Å². The van der Waals surface area contributed by atoms with Crippen molar-refractivity contribution < 1.29 is 27.9 Å². The van der Waals surface area contributed by atoms with Crippen LogP contribution in [0.5, 0.6) is 5.75 Å². The molecule has 0 bridgehead atoms. The van der Waals surface area contributed by atoms with Crippen molar-refractivity contribution in [2.45, 2.75) is 57.0 Å². The largest absolute Gasteiger partial charge is 0.495 e. The summed E-state index contributed by atoms with van der Waals surface area (Å²) in [5, 5.41) is 5.97. The van der Waals surface area contributed by atoms with E-state index in [9.17, 15) is 23.2 Å². The number of alkyl halides is 2. The highest BCUT2D eigenvalue weighted by Gasteiger charge is 2.48. The summed E-state index contributed by atoms with van der Waals surface area (Å²) < 4.78 is 35.3. The van der Waals surface area contributed by atoms with Crippen LogP contribution in [-0.2, 0) is 9.59 Å². The number of aromatic nitrogens is 2. The molecule has 1 aromatic heterocycles. The van der Waals surface area contributed by atoms with Crippen LogP contribution in [0.4, 0.5) is 31.9 Å². The standard InChI is InChI=1S/C27H33F2N7O4/c1-16(37)35-13-18(14-35)31-24(38)17-9-10-20(22(11-17)40-3)32-26-30-12-21-23(33-26)36(19-7-5-4-6-8-19)15-27(28,29)25(39)34(21)2/h9-12,18-19H,4-8,13-15H2,1-3H3,(H,31,38)(H,30,32,33). The van der Waals surface area contributed by atoms with Gasteiger partial charge in [-0.1, -0.05) is 19.3 Å². The molecule has 1 aliphatic carbocycles. The van der Waals surface area contributed by atoms with Crippen molar-refractivity contribution >= 4 is 40.9 Å². The Morgan fingerprint density at radius 1 is 1.15 bits per heavy atom. The van der Waals surface area contributed by atoms with Crippen LogP contribution in [0.2, 0.25) is 0 Å². The number of nitrogens with one attached hydrogen (secondary N) is 2. The number of carbonyl (C=O) groups is 3. The normalized spacial score (nSPS) is 19.4. The van der Waals surface area contributed by atoms with Gasteiger partial charge in [-0.25, -0.2) is 4.98 Å². The van der Waals surface area contributed by atoms with Gasteiger partial charge in [-0.2, -0.15) is 13.8 Å². The molecular formula is C27H33F2N7O4. The molecule has 3 heterocycles. The number of methoxy groups -OCH3 is 1. The molecule has 2 aliphatic heterocycles. The predicted octanol–water partition coefficient (Wildman–Crippen LogP) is 2.94. The average molecular weight is 558 g/mol. The SMILES string of the molecule is COc1cc(C(=O)NC2CN(C(C)=O)C2)ccc1Nc1ncc2c(n1)N(C1CCCCC1)CC(F)(F)C(=O)N2C. The molecular weight excluding hydrogens is 524 g/mol. The monoisotopic (exact) mass is 557 g/mol. The summed E-state index contributed by atoms with van der Waals surface area (Å²) in [6, 6.07) is 4.56. The van der Waals surface area contributed by atoms with Crippen molar-refractivity contribution in [1.82, 2.24) is 20.2 Å². The van der Waals surface area contributed by atoms with Gasteiger partial charge in [0.1, 0.15) is 11.4 Å². The molecule has 0 unspecified atom stereocenters. The lowest BCUT2D eigenvalue weighted by Crippen LogP contribution is -2.60. The molecule has 2 fully saturated rings. The van der Waals surface area contributed by atoms with Crippen LogP contribution in [0.3, 0.4) is 0 Å². The number of amides is 3. The first-order valence-corrected chi connectivity index (χ1v) is 13.4. The number of fused-ring (bicyclic) bond motifs is 1. The van der Waals surface area contributed by atoms with E-state index in [4.69, 9.17) is 4.74 Å². The Morgan fingerprint density at radius 3 is 2.55 bits per heavy atom. The number of benzene rings is 1. The molecule has 3 amide bonds. The molecule has 40 heavy (non-hydrogen) atoms. The van der Waals surface area contributed by atoms with Crippen LogP contribution < -0.4 is 25.2 Å². The third-order valence-electron chi connectivity index (χ3n) is 7.76. The summed E-state index contributed by atoms with van der Waals surface area (Å²) in [4.78, 5) is 49.7. The lowest BCUT2D eigenvalue weighted by Gasteiger charge is -2.38. The molecule has 13 heteroatoms. The number of anilines is 4. The summed E-state index contributed by atoms with van der Waals surface area (Å²) in [6.45, 7) is 1.68. The Balaban J connectivity index is 1.38. The van der Waals surface area contributed by atoms with Crippen molar-refractivity contribution in [3.63, 3.8) is 0 Å². The van der Waals surface area contributed by atoms with Crippen molar-refractivity contribution in [1.29, 1.82) is 0 Å². The Hall–Kier alpha value is -4.03. The minimum absolute atomic E-state index is 0.0311. The predicted molar refractivity (Wildman–Crippen MR) is 144 cm³/mol. The highest BCUT2D eigenvalue weighted by atomic mass is 19.3. The third-order valence-corrected chi connectivity index (χ3v) is 7.76. The maximum atomic E-state index is 14.9. The minimum atomic E-state index is -3.57. The van der Waals surface area contributed by atoms with Gasteiger partial charge in [-0.15, -0.1) is 0 Å². The lowest BCUT2D eigenvalue weighted by atomic mass is 9.94. The summed E-state index contributed by atoms with van der Waals surface area (Å²) >= 11 is 0. The Kier molecular flexibility index (Phi) is 7.47. The third kappa shape index (κ3) is 5.36. The zero-order chi connectivity index (χ0) is 28.6. The zero-order valence-corrected chi connectivity index (χ0v) is 22.7. The first-order valence-electron chi connectivity index (χ1n) is 13.4. The summed E-state index contributed by atoms with van der Waals surface area (Å²) in [5.74, 6) is -4.42. The van der Waals surface area contributed by atoms with E-state index in [2.05, 4.69) is 20.6 Å². The van der Waals surface area contributed by atoms with Crippen LogP contribution in [0.1, 0.15) is 49.4 Å². The number of hydrogen-bond acceptors (Lipinski definition) is 8. The van der Waals surface area contributed by atoms with Gasteiger partial charge in [0.2, 0.25) is 11.9 Å². The second kappa shape index (κ2) is 10.9. The van der Waals surface area contributed by atoms with E-state index in [0.717, 1.165) is 37.0 Å². The van der Waals surface area contributed by atoms with Gasteiger partial charge in [0.15, 0.2) is 5.82 Å². The molecule has 2 N–H and O–H groups in total. The Bertz CT molecular complexity index is 1310. The van der Waals surface area contributed by atoms with E-state index < -0.39 is 18.4 Å². The van der Waals surface area contributed by atoms with Crippen LogP contribution in [0.15, 0.2) is 24.4 Å². The van der Waals surface area contributed by atoms with Gasteiger partial charge in [0.05, 0.1) is 31.6 Å². The number of hydrogen-bond donors (Lipinski definition) is 2. The molecule has 1 saturated heterocycles. The molecule has 214 valence electrons. The van der Waals surface area contributed by atoms with E-state index in [1.807, 2.05) is 0 Å². The highest BCUT2D eigenvalue weighted by molar-refractivity contribution is 6.02. The van der Waals surface area contributed by atoms with Crippen LogP contribution in [-0.4, -0.2) is 84.4 Å².